The number of carbonyl (C=O) groups is 2. The first kappa shape index (κ1) is 22.0. The lowest BCUT2D eigenvalue weighted by atomic mass is 10.1. The number of amides is 2. The lowest BCUT2D eigenvalue weighted by Gasteiger charge is -2.14. The second-order valence-corrected chi connectivity index (χ2v) is 6.69. The van der Waals surface area contributed by atoms with Gasteiger partial charge >= 0.3 is 12.0 Å². The molecular formula is C21H34N2O3. The summed E-state index contributed by atoms with van der Waals surface area (Å²) in [6.45, 7) is 4.70. The minimum absolute atomic E-state index is 0.214. The van der Waals surface area contributed by atoms with E-state index in [1.807, 2.05) is 30.3 Å². The van der Waals surface area contributed by atoms with E-state index in [2.05, 4.69) is 17.6 Å². The Morgan fingerprint density at radius 2 is 1.58 bits per heavy atom. The van der Waals surface area contributed by atoms with Crippen LogP contribution in [0.3, 0.4) is 0 Å². The van der Waals surface area contributed by atoms with Gasteiger partial charge in [0.05, 0.1) is 0 Å². The van der Waals surface area contributed by atoms with E-state index < -0.39 is 12.0 Å². The van der Waals surface area contributed by atoms with Gasteiger partial charge in [0.2, 0.25) is 0 Å². The molecule has 5 heteroatoms. The molecule has 0 saturated carbocycles. The second kappa shape index (κ2) is 14.2. The van der Waals surface area contributed by atoms with Gasteiger partial charge in [0.25, 0.3) is 0 Å². The molecule has 0 bridgehead atoms. The maximum absolute atomic E-state index is 11.9. The molecule has 0 aliphatic rings. The van der Waals surface area contributed by atoms with Crippen LogP contribution >= 0.6 is 0 Å². The van der Waals surface area contributed by atoms with Crippen LogP contribution in [0.15, 0.2) is 30.3 Å². The van der Waals surface area contributed by atoms with Crippen molar-refractivity contribution in [3.63, 3.8) is 0 Å². The van der Waals surface area contributed by atoms with Crippen LogP contribution in [0.5, 0.6) is 0 Å². The van der Waals surface area contributed by atoms with Gasteiger partial charge in [-0.2, -0.15) is 0 Å². The fourth-order valence-electron chi connectivity index (χ4n) is 2.62. The summed E-state index contributed by atoms with van der Waals surface area (Å²) < 4.78 is 5.21. The van der Waals surface area contributed by atoms with E-state index in [4.69, 9.17) is 4.74 Å². The zero-order valence-electron chi connectivity index (χ0n) is 16.3. The Balaban J connectivity index is 2.04. The third-order valence-electron chi connectivity index (χ3n) is 4.24. The quantitative estimate of drug-likeness (QED) is 0.399. The largest absolute Gasteiger partial charge is 0.459 e. The zero-order valence-corrected chi connectivity index (χ0v) is 16.3. The van der Waals surface area contributed by atoms with Crippen molar-refractivity contribution in [1.29, 1.82) is 0 Å². The highest BCUT2D eigenvalue weighted by Gasteiger charge is 2.16. The number of esters is 1. The van der Waals surface area contributed by atoms with Crippen molar-refractivity contribution in [2.45, 2.75) is 77.9 Å². The van der Waals surface area contributed by atoms with E-state index >= 15 is 0 Å². The fourth-order valence-corrected chi connectivity index (χ4v) is 2.62. The number of nitrogens with one attached hydrogen (secondary N) is 2. The molecule has 2 N–H and O–H groups in total. The first-order valence-electron chi connectivity index (χ1n) is 9.88. The fraction of sp³-hybridized carbons (Fsp3) is 0.619. The Morgan fingerprint density at radius 1 is 0.962 bits per heavy atom. The summed E-state index contributed by atoms with van der Waals surface area (Å²) in [4.78, 5) is 23.7. The standard InChI is InChI=1S/C21H34N2O3/c1-3-4-5-6-7-8-9-13-16-22-21(25)23-18(2)20(24)26-17-19-14-11-10-12-15-19/h10-12,14-15,18H,3-9,13,16-17H2,1-2H3,(H2,22,23,25)/t18-/m0/s1. The predicted molar refractivity (Wildman–Crippen MR) is 105 cm³/mol. The van der Waals surface area contributed by atoms with Crippen molar-refractivity contribution >= 4 is 12.0 Å². The molecule has 0 unspecified atom stereocenters. The normalized spacial score (nSPS) is 11.6. The molecular weight excluding hydrogens is 328 g/mol. The molecule has 146 valence electrons. The van der Waals surface area contributed by atoms with Crippen molar-refractivity contribution in [2.75, 3.05) is 6.54 Å². The molecule has 0 saturated heterocycles. The Labute approximate surface area is 157 Å². The molecule has 2 amide bonds. The summed E-state index contributed by atoms with van der Waals surface area (Å²) >= 11 is 0. The zero-order chi connectivity index (χ0) is 19.0. The van der Waals surface area contributed by atoms with E-state index in [0.29, 0.717) is 6.54 Å². The number of rotatable bonds is 13. The summed E-state index contributed by atoms with van der Waals surface area (Å²) in [6.07, 6.45) is 9.82. The summed E-state index contributed by atoms with van der Waals surface area (Å²) in [6, 6.07) is 8.48. The molecule has 0 spiro atoms. The molecule has 0 aliphatic carbocycles. The Hall–Kier alpha value is -2.04. The third-order valence-corrected chi connectivity index (χ3v) is 4.24. The number of ether oxygens (including phenoxy) is 1. The van der Waals surface area contributed by atoms with Crippen LogP contribution in [0.1, 0.15) is 70.8 Å². The minimum atomic E-state index is -0.669. The number of hydrogen-bond acceptors (Lipinski definition) is 3. The second-order valence-electron chi connectivity index (χ2n) is 6.69. The van der Waals surface area contributed by atoms with E-state index in [-0.39, 0.29) is 12.6 Å². The van der Waals surface area contributed by atoms with Gasteiger partial charge in [0, 0.05) is 6.54 Å². The van der Waals surface area contributed by atoms with Crippen molar-refractivity contribution in [1.82, 2.24) is 10.6 Å². The lowest BCUT2D eigenvalue weighted by Crippen LogP contribution is -2.45. The molecule has 0 aliphatic heterocycles. The monoisotopic (exact) mass is 362 g/mol. The predicted octanol–water partition coefficient (Wildman–Crippen LogP) is 4.56. The van der Waals surface area contributed by atoms with Crippen molar-refractivity contribution < 1.29 is 14.3 Å². The molecule has 0 aromatic heterocycles. The average Bonchev–Trinajstić information content (AvgIpc) is 2.65. The van der Waals surface area contributed by atoms with Gasteiger partial charge in [-0.15, -0.1) is 0 Å². The Morgan fingerprint density at radius 3 is 2.23 bits per heavy atom. The number of unbranched alkanes of at least 4 members (excludes halogenated alkanes) is 7. The van der Waals surface area contributed by atoms with Gasteiger partial charge in [0.15, 0.2) is 0 Å². The maximum atomic E-state index is 11.9. The SMILES string of the molecule is CCCCCCCCCCNC(=O)N[C@@H](C)C(=O)OCc1ccccc1. The van der Waals surface area contributed by atoms with Gasteiger partial charge in [-0.3, -0.25) is 0 Å². The molecule has 1 aromatic rings. The first-order chi connectivity index (χ1) is 12.6. The molecule has 0 radical (unpaired) electrons. The van der Waals surface area contributed by atoms with E-state index in [1.54, 1.807) is 6.92 Å². The van der Waals surface area contributed by atoms with Crippen LogP contribution in [-0.4, -0.2) is 24.6 Å². The molecule has 1 aromatic carbocycles. The number of benzene rings is 1. The molecule has 5 nitrogen and oxygen atoms in total. The van der Waals surface area contributed by atoms with Crippen LogP contribution in [-0.2, 0) is 16.1 Å². The highest BCUT2D eigenvalue weighted by molar-refractivity contribution is 5.83. The Bertz CT molecular complexity index is 505. The highest BCUT2D eigenvalue weighted by Crippen LogP contribution is 2.07. The molecule has 1 atom stereocenters. The van der Waals surface area contributed by atoms with Gasteiger partial charge in [0.1, 0.15) is 12.6 Å². The van der Waals surface area contributed by atoms with Crippen molar-refractivity contribution in [2.24, 2.45) is 0 Å². The number of hydrogen-bond donors (Lipinski definition) is 2. The summed E-state index contributed by atoms with van der Waals surface area (Å²) in [5.74, 6) is -0.434. The van der Waals surface area contributed by atoms with Crippen LogP contribution in [0, 0.1) is 0 Å². The number of carbonyl (C=O) groups excluding carboxylic acids is 2. The molecule has 0 heterocycles. The molecule has 1 rings (SSSR count). The average molecular weight is 363 g/mol. The Kier molecular flexibility index (Phi) is 12.0. The van der Waals surface area contributed by atoms with Gasteiger partial charge in [-0.1, -0.05) is 82.2 Å². The van der Waals surface area contributed by atoms with Crippen LogP contribution in [0.25, 0.3) is 0 Å². The van der Waals surface area contributed by atoms with Crippen molar-refractivity contribution in [3.8, 4) is 0 Å². The summed E-state index contributed by atoms with van der Waals surface area (Å²) in [7, 11) is 0. The molecule has 26 heavy (non-hydrogen) atoms. The maximum Gasteiger partial charge on any atom is 0.328 e. The van der Waals surface area contributed by atoms with E-state index in [1.165, 1.54) is 38.5 Å². The topological polar surface area (TPSA) is 67.4 Å². The van der Waals surface area contributed by atoms with Crippen LogP contribution in [0.4, 0.5) is 4.79 Å². The van der Waals surface area contributed by atoms with Gasteiger partial charge in [-0.05, 0) is 18.9 Å². The third kappa shape index (κ3) is 10.7. The van der Waals surface area contributed by atoms with E-state index in [9.17, 15) is 9.59 Å². The number of urea groups is 1. The van der Waals surface area contributed by atoms with Crippen LogP contribution in [0.2, 0.25) is 0 Å². The van der Waals surface area contributed by atoms with Gasteiger partial charge < -0.3 is 15.4 Å². The summed E-state index contributed by atoms with van der Waals surface area (Å²) in [5, 5.41) is 5.41. The highest BCUT2D eigenvalue weighted by atomic mass is 16.5. The first-order valence-corrected chi connectivity index (χ1v) is 9.88. The van der Waals surface area contributed by atoms with E-state index in [0.717, 1.165) is 18.4 Å². The summed E-state index contributed by atoms with van der Waals surface area (Å²) in [5.41, 5.74) is 0.923. The lowest BCUT2D eigenvalue weighted by molar-refractivity contribution is -0.146. The van der Waals surface area contributed by atoms with Crippen molar-refractivity contribution in [3.05, 3.63) is 35.9 Å². The van der Waals surface area contributed by atoms with Gasteiger partial charge in [-0.25, -0.2) is 9.59 Å². The molecule has 0 fully saturated rings. The van der Waals surface area contributed by atoms with Crippen LogP contribution < -0.4 is 10.6 Å². The smallest absolute Gasteiger partial charge is 0.328 e. The minimum Gasteiger partial charge on any atom is -0.459 e.